The van der Waals surface area contributed by atoms with Crippen LogP contribution in [0.3, 0.4) is 0 Å². The number of fused-ring (bicyclic) bond motifs is 2. The summed E-state index contributed by atoms with van der Waals surface area (Å²) >= 11 is 1.72. The first kappa shape index (κ1) is 23.9. The first-order valence-corrected chi connectivity index (χ1v) is 13.0. The number of aryl methyl sites for hydroxylation is 3. The molecule has 5 aromatic rings. The summed E-state index contributed by atoms with van der Waals surface area (Å²) in [6.07, 6.45) is 2.84. The number of nitrogens with one attached hydrogen (secondary N) is 2. The molecule has 6 rings (SSSR count). The van der Waals surface area contributed by atoms with Crippen molar-refractivity contribution in [2.45, 2.75) is 32.4 Å². The summed E-state index contributed by atoms with van der Waals surface area (Å²) in [5.74, 6) is -0.0189. The molecule has 0 bridgehead atoms. The Bertz CT molecular complexity index is 1690. The number of tetrazole rings is 1. The number of amides is 2. The van der Waals surface area contributed by atoms with Gasteiger partial charge in [0.25, 0.3) is 11.8 Å². The van der Waals surface area contributed by atoms with Crippen molar-refractivity contribution < 1.29 is 9.59 Å². The molecule has 190 valence electrons. The standard InChI is InChI=1S/C27H24N8O2S/c1-15-9-18-4-3-16(10-24(18)38-15)13-28-26(36)22-12-23(30-14-29-22)27(37)31-21-8-6-17-11-19(5-7-20(17)21)25-32-33-34-35(25)2/h3-5,7,9-12,14,21H,6,8,13H2,1-2H3,(H,28,36)(H,31,37)/t21-/m1/s1. The molecule has 2 N–H and O–H groups in total. The summed E-state index contributed by atoms with van der Waals surface area (Å²) < 4.78 is 2.81. The molecule has 38 heavy (non-hydrogen) atoms. The van der Waals surface area contributed by atoms with Crippen molar-refractivity contribution in [1.29, 1.82) is 0 Å². The lowest BCUT2D eigenvalue weighted by Gasteiger charge is -2.14. The number of carbonyl (C=O) groups is 2. The number of benzene rings is 2. The Morgan fingerprint density at radius 3 is 2.71 bits per heavy atom. The predicted molar refractivity (Wildman–Crippen MR) is 143 cm³/mol. The van der Waals surface area contributed by atoms with Gasteiger partial charge in [-0.3, -0.25) is 9.59 Å². The molecule has 1 atom stereocenters. The molecule has 3 heterocycles. The first-order valence-electron chi connectivity index (χ1n) is 12.2. The summed E-state index contributed by atoms with van der Waals surface area (Å²) in [6.45, 7) is 2.44. The van der Waals surface area contributed by atoms with E-state index in [-0.39, 0.29) is 29.2 Å². The summed E-state index contributed by atoms with van der Waals surface area (Å²) in [5, 5.41) is 18.8. The minimum absolute atomic E-state index is 0.145. The van der Waals surface area contributed by atoms with E-state index in [1.807, 2.05) is 18.2 Å². The van der Waals surface area contributed by atoms with Gasteiger partial charge in [0.05, 0.1) is 6.04 Å². The maximum absolute atomic E-state index is 13.0. The van der Waals surface area contributed by atoms with Gasteiger partial charge in [0.15, 0.2) is 5.82 Å². The Kier molecular flexibility index (Phi) is 6.12. The number of thiophene rings is 1. The SMILES string of the molecule is Cc1cc2ccc(CNC(=O)c3cc(C(=O)N[C@@H]4CCc5cc(-c6nnnn6C)ccc54)ncn3)cc2s1. The molecule has 0 saturated heterocycles. The van der Waals surface area contributed by atoms with Crippen LogP contribution in [0.2, 0.25) is 0 Å². The molecular formula is C27H24N8O2S. The van der Waals surface area contributed by atoms with Gasteiger partial charge in [-0.2, -0.15) is 0 Å². The fourth-order valence-electron chi connectivity index (χ4n) is 4.81. The van der Waals surface area contributed by atoms with Gasteiger partial charge in [0.1, 0.15) is 17.7 Å². The lowest BCUT2D eigenvalue weighted by atomic mass is 10.0. The zero-order chi connectivity index (χ0) is 26.2. The average molecular weight is 525 g/mol. The lowest BCUT2D eigenvalue weighted by molar-refractivity contribution is 0.0931. The van der Waals surface area contributed by atoms with Crippen LogP contribution in [-0.2, 0) is 20.0 Å². The smallest absolute Gasteiger partial charge is 0.270 e. The molecule has 1 aliphatic carbocycles. The maximum Gasteiger partial charge on any atom is 0.270 e. The number of hydrogen-bond acceptors (Lipinski definition) is 8. The molecular weight excluding hydrogens is 500 g/mol. The van der Waals surface area contributed by atoms with Crippen LogP contribution in [0.5, 0.6) is 0 Å². The van der Waals surface area contributed by atoms with Crippen LogP contribution in [0, 0.1) is 6.92 Å². The van der Waals surface area contributed by atoms with Gasteiger partial charge < -0.3 is 10.6 Å². The van der Waals surface area contributed by atoms with Crippen molar-refractivity contribution in [1.82, 2.24) is 40.8 Å². The molecule has 3 aromatic heterocycles. The van der Waals surface area contributed by atoms with Crippen molar-refractivity contribution >= 4 is 33.2 Å². The fourth-order valence-corrected chi connectivity index (χ4v) is 5.80. The monoisotopic (exact) mass is 524 g/mol. The Morgan fingerprint density at radius 2 is 1.89 bits per heavy atom. The van der Waals surface area contributed by atoms with Crippen LogP contribution < -0.4 is 10.6 Å². The number of carbonyl (C=O) groups excluding carboxylic acids is 2. The third-order valence-electron chi connectivity index (χ3n) is 6.70. The molecule has 2 aromatic carbocycles. The molecule has 2 amide bonds. The highest BCUT2D eigenvalue weighted by Gasteiger charge is 2.26. The second-order valence-electron chi connectivity index (χ2n) is 9.30. The highest BCUT2D eigenvalue weighted by Crippen LogP contribution is 2.34. The van der Waals surface area contributed by atoms with Gasteiger partial charge in [-0.1, -0.05) is 24.3 Å². The van der Waals surface area contributed by atoms with E-state index in [2.05, 4.69) is 67.3 Å². The molecule has 11 heteroatoms. The summed E-state index contributed by atoms with van der Waals surface area (Å²) in [6, 6.07) is 15.6. The molecule has 10 nitrogen and oxygen atoms in total. The molecule has 0 aliphatic heterocycles. The van der Waals surface area contributed by atoms with Crippen LogP contribution in [0.1, 0.15) is 55.0 Å². The minimum atomic E-state index is -0.360. The summed E-state index contributed by atoms with van der Waals surface area (Å²) in [5.41, 5.74) is 4.43. The van der Waals surface area contributed by atoms with Gasteiger partial charge in [-0.15, -0.1) is 16.4 Å². The van der Waals surface area contributed by atoms with Crippen molar-refractivity contribution in [3.63, 3.8) is 0 Å². The van der Waals surface area contributed by atoms with E-state index in [1.54, 1.807) is 23.1 Å². The quantitative estimate of drug-likeness (QED) is 0.348. The van der Waals surface area contributed by atoms with Crippen LogP contribution in [0.4, 0.5) is 0 Å². The minimum Gasteiger partial charge on any atom is -0.347 e. The predicted octanol–water partition coefficient (Wildman–Crippen LogP) is 3.54. The molecule has 0 spiro atoms. The number of rotatable bonds is 6. The molecule has 0 unspecified atom stereocenters. The molecule has 1 aliphatic rings. The topological polar surface area (TPSA) is 128 Å². The maximum atomic E-state index is 13.0. The first-order chi connectivity index (χ1) is 18.4. The van der Waals surface area contributed by atoms with Crippen LogP contribution in [-0.4, -0.2) is 42.0 Å². The summed E-state index contributed by atoms with van der Waals surface area (Å²) in [7, 11) is 1.80. The lowest BCUT2D eigenvalue weighted by Crippen LogP contribution is -2.29. The number of hydrogen-bond donors (Lipinski definition) is 2. The second-order valence-corrected chi connectivity index (χ2v) is 10.6. The summed E-state index contributed by atoms with van der Waals surface area (Å²) in [4.78, 5) is 35.2. The van der Waals surface area contributed by atoms with E-state index >= 15 is 0 Å². The van der Waals surface area contributed by atoms with Crippen LogP contribution in [0.25, 0.3) is 21.5 Å². The zero-order valence-corrected chi connectivity index (χ0v) is 21.6. The Balaban J connectivity index is 1.11. The third-order valence-corrected chi connectivity index (χ3v) is 7.71. The molecule has 0 radical (unpaired) electrons. The Morgan fingerprint density at radius 1 is 1.05 bits per heavy atom. The zero-order valence-electron chi connectivity index (χ0n) is 20.8. The van der Waals surface area contributed by atoms with Gasteiger partial charge in [-0.05, 0) is 70.5 Å². The van der Waals surface area contributed by atoms with E-state index < -0.39 is 0 Å². The Labute approximate surface area is 222 Å². The van der Waals surface area contributed by atoms with E-state index in [4.69, 9.17) is 0 Å². The highest BCUT2D eigenvalue weighted by molar-refractivity contribution is 7.19. The third kappa shape index (κ3) is 4.63. The fraction of sp³-hybridized carbons (Fsp3) is 0.222. The van der Waals surface area contributed by atoms with Crippen molar-refractivity contribution in [2.24, 2.45) is 7.05 Å². The highest BCUT2D eigenvalue weighted by atomic mass is 32.1. The number of aromatic nitrogens is 6. The van der Waals surface area contributed by atoms with E-state index in [0.29, 0.717) is 12.4 Å². The van der Waals surface area contributed by atoms with Gasteiger partial charge >= 0.3 is 0 Å². The normalized spacial score (nSPS) is 14.4. The van der Waals surface area contributed by atoms with E-state index in [1.165, 1.54) is 27.4 Å². The van der Waals surface area contributed by atoms with E-state index in [9.17, 15) is 9.59 Å². The van der Waals surface area contributed by atoms with Crippen molar-refractivity contribution in [3.05, 3.63) is 87.8 Å². The average Bonchev–Trinajstić information content (AvgIpc) is 3.64. The van der Waals surface area contributed by atoms with Gasteiger partial charge in [-0.25, -0.2) is 14.6 Å². The van der Waals surface area contributed by atoms with Crippen LogP contribution in [0.15, 0.2) is 54.9 Å². The van der Waals surface area contributed by atoms with E-state index in [0.717, 1.165) is 35.1 Å². The molecule has 0 saturated carbocycles. The number of nitrogens with zero attached hydrogens (tertiary/aromatic N) is 6. The van der Waals surface area contributed by atoms with Crippen LogP contribution >= 0.6 is 11.3 Å². The largest absolute Gasteiger partial charge is 0.347 e. The second kappa shape index (κ2) is 9.75. The van der Waals surface area contributed by atoms with Crippen molar-refractivity contribution in [2.75, 3.05) is 0 Å². The molecule has 0 fully saturated rings. The van der Waals surface area contributed by atoms with Gasteiger partial charge in [0, 0.05) is 34.8 Å². The van der Waals surface area contributed by atoms with Gasteiger partial charge in [0.2, 0.25) is 0 Å². The Hall–Kier alpha value is -4.51. The van der Waals surface area contributed by atoms with Crippen molar-refractivity contribution in [3.8, 4) is 11.4 Å².